The number of likely N-dealkylation sites (tertiary alicyclic amines) is 1. The van der Waals surface area contributed by atoms with Crippen LogP contribution in [0.5, 0.6) is 0 Å². The third kappa shape index (κ3) is 5.63. The van der Waals surface area contributed by atoms with Gasteiger partial charge in [-0.05, 0) is 29.7 Å². The zero-order valence-corrected chi connectivity index (χ0v) is 19.9. The highest BCUT2D eigenvalue weighted by Crippen LogP contribution is 2.24. The fourth-order valence-corrected chi connectivity index (χ4v) is 3.76. The highest BCUT2D eigenvalue weighted by Gasteiger charge is 2.37. The molecule has 0 spiro atoms. The Kier molecular flexibility index (Phi) is 8.76. The van der Waals surface area contributed by atoms with Crippen LogP contribution in [0.1, 0.15) is 18.5 Å². The normalized spacial score (nSPS) is 20.1. The van der Waals surface area contributed by atoms with Crippen molar-refractivity contribution >= 4 is 47.5 Å². The summed E-state index contributed by atoms with van der Waals surface area (Å²) in [6.07, 6.45) is 3.70. The second-order valence-corrected chi connectivity index (χ2v) is 7.43. The van der Waals surface area contributed by atoms with Crippen LogP contribution in [0.3, 0.4) is 0 Å². The molecule has 0 saturated carbocycles. The minimum Gasteiger partial charge on any atom is -0.469 e. The zero-order chi connectivity index (χ0) is 20.1. The number of methoxy groups -OCH3 is 1. The van der Waals surface area contributed by atoms with Gasteiger partial charge in [0, 0.05) is 44.1 Å². The molecule has 1 aliphatic heterocycles. The summed E-state index contributed by atoms with van der Waals surface area (Å²) in [5.41, 5.74) is 1.10. The maximum Gasteiger partial charge on any atom is 0.310 e. The number of nitrogens with one attached hydrogen (secondary N) is 1. The van der Waals surface area contributed by atoms with Gasteiger partial charge in [0.2, 0.25) is 0 Å². The molecular formula is C20H27ClIN5O2. The van der Waals surface area contributed by atoms with Crippen LogP contribution in [0.15, 0.2) is 47.7 Å². The van der Waals surface area contributed by atoms with Crippen LogP contribution in [0.25, 0.3) is 0 Å². The third-order valence-corrected chi connectivity index (χ3v) is 5.43. The van der Waals surface area contributed by atoms with E-state index < -0.39 is 0 Å². The number of hydrogen-bond donors (Lipinski definition) is 1. The molecule has 29 heavy (non-hydrogen) atoms. The number of carbonyl (C=O) groups is 1. The van der Waals surface area contributed by atoms with Gasteiger partial charge in [-0.1, -0.05) is 30.7 Å². The van der Waals surface area contributed by atoms with Gasteiger partial charge in [0.15, 0.2) is 5.96 Å². The second-order valence-electron chi connectivity index (χ2n) is 6.99. The first-order valence-electron chi connectivity index (χ1n) is 9.31. The smallest absolute Gasteiger partial charge is 0.310 e. The van der Waals surface area contributed by atoms with Crippen LogP contribution in [-0.2, 0) is 9.53 Å². The highest BCUT2D eigenvalue weighted by atomic mass is 127. The largest absolute Gasteiger partial charge is 0.469 e. The fourth-order valence-electron chi connectivity index (χ4n) is 3.63. The Morgan fingerprint density at radius 3 is 2.69 bits per heavy atom. The average molecular weight is 532 g/mol. The van der Waals surface area contributed by atoms with Gasteiger partial charge in [0.1, 0.15) is 0 Å². The monoisotopic (exact) mass is 531 g/mol. The molecule has 3 atom stereocenters. The SMILES string of the molecule is CN=C(NCC(c1ccc(Cl)cc1)n1cccn1)N1CC(C)C(C(=O)OC)C1.I. The molecule has 3 rings (SSSR count). The molecule has 158 valence electrons. The Bertz CT molecular complexity index is 813. The minimum atomic E-state index is -0.166. The van der Waals surface area contributed by atoms with E-state index in [1.165, 1.54) is 7.11 Å². The predicted molar refractivity (Wildman–Crippen MR) is 125 cm³/mol. The van der Waals surface area contributed by atoms with E-state index in [0.29, 0.717) is 18.1 Å². The molecule has 1 aliphatic rings. The van der Waals surface area contributed by atoms with Crippen molar-refractivity contribution in [2.24, 2.45) is 16.8 Å². The Hall–Kier alpha value is -1.81. The summed E-state index contributed by atoms with van der Waals surface area (Å²) < 4.78 is 6.84. The Morgan fingerprint density at radius 2 is 2.10 bits per heavy atom. The summed E-state index contributed by atoms with van der Waals surface area (Å²) in [6.45, 7) is 4.02. The van der Waals surface area contributed by atoms with Crippen molar-refractivity contribution in [1.82, 2.24) is 20.0 Å². The highest BCUT2D eigenvalue weighted by molar-refractivity contribution is 14.0. The fraction of sp³-hybridized carbons (Fsp3) is 0.450. The molecule has 3 unspecified atom stereocenters. The summed E-state index contributed by atoms with van der Waals surface area (Å²) in [5, 5.41) is 8.55. The average Bonchev–Trinajstić information content (AvgIpc) is 3.36. The molecule has 2 aromatic rings. The van der Waals surface area contributed by atoms with E-state index in [1.54, 1.807) is 13.2 Å². The van der Waals surface area contributed by atoms with E-state index in [4.69, 9.17) is 16.3 Å². The summed E-state index contributed by atoms with van der Waals surface area (Å²) in [4.78, 5) is 18.5. The van der Waals surface area contributed by atoms with E-state index in [1.807, 2.05) is 41.2 Å². The van der Waals surface area contributed by atoms with Crippen molar-refractivity contribution in [2.45, 2.75) is 13.0 Å². The second kappa shape index (κ2) is 10.8. The number of guanidine groups is 1. The first-order chi connectivity index (χ1) is 13.5. The summed E-state index contributed by atoms with van der Waals surface area (Å²) in [5.74, 6) is 0.677. The number of aliphatic imine (C=N–C) groups is 1. The molecule has 1 saturated heterocycles. The Balaban J connectivity index is 0.00000300. The number of nitrogens with zero attached hydrogens (tertiary/aromatic N) is 4. The van der Waals surface area contributed by atoms with Gasteiger partial charge in [-0.25, -0.2) is 0 Å². The minimum absolute atomic E-state index is 0. The van der Waals surface area contributed by atoms with Gasteiger partial charge < -0.3 is 15.0 Å². The van der Waals surface area contributed by atoms with E-state index in [2.05, 4.69) is 27.2 Å². The van der Waals surface area contributed by atoms with Gasteiger partial charge in [-0.15, -0.1) is 24.0 Å². The quantitative estimate of drug-likeness (QED) is 0.278. The van der Waals surface area contributed by atoms with Crippen molar-refractivity contribution in [3.63, 3.8) is 0 Å². The molecule has 0 bridgehead atoms. The van der Waals surface area contributed by atoms with Crippen molar-refractivity contribution in [1.29, 1.82) is 0 Å². The molecule has 0 amide bonds. The van der Waals surface area contributed by atoms with Crippen LogP contribution < -0.4 is 5.32 Å². The van der Waals surface area contributed by atoms with Crippen molar-refractivity contribution in [3.05, 3.63) is 53.3 Å². The van der Waals surface area contributed by atoms with Gasteiger partial charge >= 0.3 is 5.97 Å². The van der Waals surface area contributed by atoms with Gasteiger partial charge in [0.05, 0.1) is 19.1 Å². The third-order valence-electron chi connectivity index (χ3n) is 5.18. The number of hydrogen-bond acceptors (Lipinski definition) is 4. The summed E-state index contributed by atoms with van der Waals surface area (Å²) in [6, 6.07) is 9.66. The standard InChI is InChI=1S/C20H26ClN5O2.HI/c1-14-12-25(13-17(14)19(27)28-3)20(22-2)23-11-18(26-10-4-9-24-26)15-5-7-16(21)8-6-15;/h4-10,14,17-18H,11-13H2,1-3H3,(H,22,23);1H. The van der Waals surface area contributed by atoms with Crippen LogP contribution >= 0.6 is 35.6 Å². The lowest BCUT2D eigenvalue weighted by Crippen LogP contribution is -2.43. The molecule has 1 fully saturated rings. The lowest BCUT2D eigenvalue weighted by atomic mass is 9.99. The first-order valence-corrected chi connectivity index (χ1v) is 9.69. The van der Waals surface area contributed by atoms with Gasteiger partial charge in [0.25, 0.3) is 0 Å². The summed E-state index contributed by atoms with van der Waals surface area (Å²) >= 11 is 6.04. The Morgan fingerprint density at radius 1 is 1.38 bits per heavy atom. The molecule has 1 N–H and O–H groups in total. The van der Waals surface area contributed by atoms with Crippen molar-refractivity contribution in [2.75, 3.05) is 33.8 Å². The predicted octanol–water partition coefficient (Wildman–Crippen LogP) is 3.06. The number of ether oxygens (including phenoxy) is 1. The zero-order valence-electron chi connectivity index (χ0n) is 16.8. The number of benzene rings is 1. The topological polar surface area (TPSA) is 71.8 Å². The molecule has 1 aromatic heterocycles. The van der Waals surface area contributed by atoms with Crippen molar-refractivity contribution in [3.8, 4) is 0 Å². The van der Waals surface area contributed by atoms with Gasteiger partial charge in [-0.3, -0.25) is 14.5 Å². The maximum absolute atomic E-state index is 12.0. The molecule has 1 aromatic carbocycles. The number of rotatable bonds is 5. The number of esters is 1. The Labute approximate surface area is 193 Å². The van der Waals surface area contributed by atoms with Crippen LogP contribution in [0.4, 0.5) is 0 Å². The number of carbonyl (C=O) groups excluding carboxylic acids is 1. The van der Waals surface area contributed by atoms with E-state index in [9.17, 15) is 4.79 Å². The van der Waals surface area contributed by atoms with E-state index >= 15 is 0 Å². The molecule has 0 radical (unpaired) electrons. The molecule has 0 aliphatic carbocycles. The maximum atomic E-state index is 12.0. The molecule has 2 heterocycles. The molecular weight excluding hydrogens is 505 g/mol. The van der Waals surface area contributed by atoms with Crippen molar-refractivity contribution < 1.29 is 9.53 Å². The van der Waals surface area contributed by atoms with E-state index in [-0.39, 0.29) is 47.8 Å². The first kappa shape index (κ1) is 23.5. The number of halogens is 2. The van der Waals surface area contributed by atoms with Crippen LogP contribution in [0.2, 0.25) is 5.02 Å². The van der Waals surface area contributed by atoms with Crippen LogP contribution in [-0.4, -0.2) is 60.4 Å². The van der Waals surface area contributed by atoms with E-state index in [0.717, 1.165) is 18.1 Å². The van der Waals surface area contributed by atoms with Crippen LogP contribution in [0, 0.1) is 11.8 Å². The van der Waals surface area contributed by atoms with Gasteiger partial charge in [-0.2, -0.15) is 5.10 Å². The number of aromatic nitrogens is 2. The molecule has 7 nitrogen and oxygen atoms in total. The lowest BCUT2D eigenvalue weighted by molar-refractivity contribution is -0.145. The molecule has 9 heteroatoms. The lowest BCUT2D eigenvalue weighted by Gasteiger charge is -2.25. The summed E-state index contributed by atoms with van der Waals surface area (Å²) in [7, 11) is 3.19.